The lowest BCUT2D eigenvalue weighted by atomic mass is 10.2. The molecule has 1 N–H and O–H groups in total. The minimum atomic E-state index is 0.606. The summed E-state index contributed by atoms with van der Waals surface area (Å²) in [6, 6.07) is 0. The summed E-state index contributed by atoms with van der Waals surface area (Å²) in [5, 5.41) is 10.8. The third-order valence-corrected chi connectivity index (χ3v) is 1.77. The number of unbranched alkanes of at least 4 members (excludes halogenated alkanes) is 2. The maximum atomic E-state index is 5.19. The normalized spacial score (nSPS) is 10.0. The summed E-state index contributed by atoms with van der Waals surface area (Å²) >= 11 is 0. The first-order chi connectivity index (χ1) is 6.83. The van der Waals surface area contributed by atoms with Gasteiger partial charge in [-0.05, 0) is 19.4 Å². The first-order valence-electron chi connectivity index (χ1n) is 4.76. The smallest absolute Gasteiger partial charge is 0.230 e. The van der Waals surface area contributed by atoms with Crippen molar-refractivity contribution in [2.75, 3.05) is 6.54 Å². The molecule has 0 bridgehead atoms. The van der Waals surface area contributed by atoms with Crippen LogP contribution in [0.3, 0.4) is 0 Å². The number of nitrogens with one attached hydrogen (secondary N) is 1. The van der Waals surface area contributed by atoms with Crippen molar-refractivity contribution in [2.45, 2.75) is 32.7 Å². The van der Waals surface area contributed by atoms with E-state index in [9.17, 15) is 0 Å². The monoisotopic (exact) mass is 193 g/mol. The topological polar surface area (TPSA) is 51.0 Å². The van der Waals surface area contributed by atoms with Gasteiger partial charge < -0.3 is 9.73 Å². The Bertz CT molecular complexity index is 301. The fourth-order valence-corrected chi connectivity index (χ4v) is 1.08. The van der Waals surface area contributed by atoms with Crippen LogP contribution in [-0.4, -0.2) is 16.7 Å². The molecule has 0 fully saturated rings. The lowest BCUT2D eigenvalue weighted by Crippen LogP contribution is -2.14. The summed E-state index contributed by atoms with van der Waals surface area (Å²) in [5.41, 5.74) is 0. The number of hydrogen-bond donors (Lipinski definition) is 1. The van der Waals surface area contributed by atoms with Crippen molar-refractivity contribution >= 4 is 0 Å². The van der Waals surface area contributed by atoms with Crippen LogP contribution in [0.5, 0.6) is 0 Å². The molecule has 0 aromatic carbocycles. The average molecular weight is 193 g/mol. The van der Waals surface area contributed by atoms with E-state index in [1.165, 1.54) is 0 Å². The molecule has 0 aliphatic rings. The predicted octanol–water partition coefficient (Wildman–Crippen LogP) is 1.27. The third kappa shape index (κ3) is 4.06. The lowest BCUT2D eigenvalue weighted by molar-refractivity contribution is 0.445. The summed E-state index contributed by atoms with van der Waals surface area (Å²) < 4.78 is 5.19. The molecule has 1 aromatic rings. The number of aromatic nitrogens is 2. The largest absolute Gasteiger partial charge is 0.424 e. The molecular formula is C10H15N3O. The molecule has 0 radical (unpaired) electrons. The quantitative estimate of drug-likeness (QED) is 0.546. The Balaban J connectivity index is 2.02. The molecule has 0 unspecified atom stereocenters. The van der Waals surface area contributed by atoms with Gasteiger partial charge in [0.2, 0.25) is 11.8 Å². The van der Waals surface area contributed by atoms with E-state index >= 15 is 0 Å². The molecule has 14 heavy (non-hydrogen) atoms. The molecule has 1 aromatic heterocycles. The zero-order valence-corrected chi connectivity index (χ0v) is 8.42. The van der Waals surface area contributed by atoms with Crippen molar-refractivity contribution in [1.29, 1.82) is 0 Å². The number of terminal acetylenes is 1. The van der Waals surface area contributed by atoms with Crippen molar-refractivity contribution in [3.8, 4) is 12.3 Å². The van der Waals surface area contributed by atoms with Crippen LogP contribution < -0.4 is 5.32 Å². The van der Waals surface area contributed by atoms with Crippen LogP contribution in [0.15, 0.2) is 4.42 Å². The number of hydrogen-bond acceptors (Lipinski definition) is 4. The summed E-state index contributed by atoms with van der Waals surface area (Å²) in [5.74, 6) is 3.86. The predicted molar refractivity (Wildman–Crippen MR) is 53.4 cm³/mol. The molecule has 0 aliphatic carbocycles. The molecule has 0 saturated heterocycles. The fraction of sp³-hybridized carbons (Fsp3) is 0.600. The van der Waals surface area contributed by atoms with Crippen LogP contribution in [0.1, 0.15) is 31.0 Å². The lowest BCUT2D eigenvalue weighted by Gasteiger charge is -1.99. The Labute approximate surface area is 84.1 Å². The van der Waals surface area contributed by atoms with E-state index < -0.39 is 0 Å². The Morgan fingerprint density at radius 2 is 2.29 bits per heavy atom. The second-order valence-corrected chi connectivity index (χ2v) is 3.05. The Morgan fingerprint density at radius 3 is 2.93 bits per heavy atom. The molecule has 4 nitrogen and oxygen atoms in total. The van der Waals surface area contributed by atoms with Gasteiger partial charge >= 0.3 is 0 Å². The first-order valence-corrected chi connectivity index (χ1v) is 4.76. The molecule has 0 saturated carbocycles. The minimum absolute atomic E-state index is 0.606. The van der Waals surface area contributed by atoms with Crippen molar-refractivity contribution in [3.63, 3.8) is 0 Å². The van der Waals surface area contributed by atoms with Gasteiger partial charge in [-0.25, -0.2) is 0 Å². The highest BCUT2D eigenvalue weighted by molar-refractivity contribution is 4.83. The average Bonchev–Trinajstić information content (AvgIpc) is 2.58. The molecular weight excluding hydrogens is 178 g/mol. The Morgan fingerprint density at radius 1 is 1.43 bits per heavy atom. The van der Waals surface area contributed by atoms with Crippen molar-refractivity contribution in [2.24, 2.45) is 0 Å². The van der Waals surface area contributed by atoms with Gasteiger partial charge in [0.15, 0.2) is 0 Å². The van der Waals surface area contributed by atoms with Gasteiger partial charge in [0.05, 0.1) is 6.54 Å². The molecule has 1 rings (SSSR count). The summed E-state index contributed by atoms with van der Waals surface area (Å²) in [6.45, 7) is 3.35. The van der Waals surface area contributed by atoms with Gasteiger partial charge in [-0.2, -0.15) is 0 Å². The van der Waals surface area contributed by atoms with E-state index in [1.54, 1.807) is 6.92 Å². The van der Waals surface area contributed by atoms with Crippen LogP contribution in [0.2, 0.25) is 0 Å². The van der Waals surface area contributed by atoms with Crippen molar-refractivity contribution < 1.29 is 4.42 Å². The molecule has 0 spiro atoms. The standard InChI is InChI=1S/C10H15N3O/c1-3-4-5-6-7-11-8-10-13-12-9(2)14-10/h1,11H,4-8H2,2H3. The number of rotatable bonds is 6. The SMILES string of the molecule is C#CCCCCNCc1nnc(C)o1. The van der Waals surface area contributed by atoms with E-state index in [1.807, 2.05) is 0 Å². The maximum absolute atomic E-state index is 5.19. The van der Waals surface area contributed by atoms with E-state index in [0.29, 0.717) is 18.3 Å². The van der Waals surface area contributed by atoms with E-state index in [-0.39, 0.29) is 0 Å². The summed E-state index contributed by atoms with van der Waals surface area (Å²) in [6.07, 6.45) is 8.12. The number of aryl methyl sites for hydroxylation is 1. The Hall–Kier alpha value is -1.34. The van der Waals surface area contributed by atoms with Crippen LogP contribution in [0.4, 0.5) is 0 Å². The highest BCUT2D eigenvalue weighted by Gasteiger charge is 1.99. The molecule has 4 heteroatoms. The third-order valence-electron chi connectivity index (χ3n) is 1.77. The zero-order chi connectivity index (χ0) is 10.2. The van der Waals surface area contributed by atoms with Crippen molar-refractivity contribution in [3.05, 3.63) is 11.8 Å². The maximum Gasteiger partial charge on any atom is 0.230 e. The summed E-state index contributed by atoms with van der Waals surface area (Å²) in [7, 11) is 0. The highest BCUT2D eigenvalue weighted by atomic mass is 16.4. The Kier molecular flexibility index (Phi) is 4.73. The molecule has 0 amide bonds. The summed E-state index contributed by atoms with van der Waals surface area (Å²) in [4.78, 5) is 0. The second kappa shape index (κ2) is 6.17. The fourth-order valence-electron chi connectivity index (χ4n) is 1.08. The van der Waals surface area contributed by atoms with Gasteiger partial charge in [0.25, 0.3) is 0 Å². The van der Waals surface area contributed by atoms with Gasteiger partial charge in [-0.1, -0.05) is 0 Å². The second-order valence-electron chi connectivity index (χ2n) is 3.05. The minimum Gasteiger partial charge on any atom is -0.424 e. The molecule has 76 valence electrons. The van der Waals surface area contributed by atoms with Gasteiger partial charge in [-0.3, -0.25) is 0 Å². The zero-order valence-electron chi connectivity index (χ0n) is 8.42. The van der Waals surface area contributed by atoms with E-state index in [2.05, 4.69) is 21.4 Å². The van der Waals surface area contributed by atoms with Crippen LogP contribution >= 0.6 is 0 Å². The number of nitrogens with zero attached hydrogens (tertiary/aromatic N) is 2. The highest BCUT2D eigenvalue weighted by Crippen LogP contribution is 1.97. The molecule has 0 atom stereocenters. The van der Waals surface area contributed by atoms with Gasteiger partial charge in [-0.15, -0.1) is 22.5 Å². The molecule has 1 heterocycles. The molecule has 0 aliphatic heterocycles. The van der Waals surface area contributed by atoms with Crippen LogP contribution in [0, 0.1) is 19.3 Å². The van der Waals surface area contributed by atoms with Gasteiger partial charge in [0.1, 0.15) is 0 Å². The van der Waals surface area contributed by atoms with Gasteiger partial charge in [0, 0.05) is 13.3 Å². The van der Waals surface area contributed by atoms with E-state index in [0.717, 1.165) is 25.8 Å². The first kappa shape index (κ1) is 10.7. The van der Waals surface area contributed by atoms with Crippen molar-refractivity contribution in [1.82, 2.24) is 15.5 Å². The van der Waals surface area contributed by atoms with E-state index in [4.69, 9.17) is 10.8 Å². The van der Waals surface area contributed by atoms with Crippen LogP contribution in [0.25, 0.3) is 0 Å². The van der Waals surface area contributed by atoms with Crippen LogP contribution in [-0.2, 0) is 6.54 Å².